The van der Waals surface area contributed by atoms with E-state index in [1.165, 1.54) is 0 Å². The third-order valence-electron chi connectivity index (χ3n) is 4.12. The molecule has 6 nitrogen and oxygen atoms in total. The molecule has 0 radical (unpaired) electrons. The monoisotopic (exact) mass is 373 g/mol. The molecule has 2 aromatic rings. The number of nitrogens with one attached hydrogen (secondary N) is 1. The van der Waals surface area contributed by atoms with Crippen LogP contribution in [0.3, 0.4) is 0 Å². The number of rotatable bonds is 4. The highest BCUT2D eigenvalue weighted by Crippen LogP contribution is 2.30. The number of pyridine rings is 1. The van der Waals surface area contributed by atoms with Crippen molar-refractivity contribution in [2.75, 3.05) is 18.5 Å². The van der Waals surface area contributed by atoms with E-state index < -0.39 is 0 Å². The molecular weight excluding hydrogens is 350 g/mol. The second-order valence-corrected chi connectivity index (χ2v) is 8.10. The molecule has 2 aromatic heterocycles. The van der Waals surface area contributed by atoms with Crippen LogP contribution in [0, 0.1) is 0 Å². The third kappa shape index (κ3) is 4.30. The van der Waals surface area contributed by atoms with Gasteiger partial charge in [-0.2, -0.15) is 0 Å². The first-order valence-corrected chi connectivity index (χ1v) is 9.14. The van der Waals surface area contributed by atoms with Crippen molar-refractivity contribution in [3.63, 3.8) is 0 Å². The number of nitrogens with zero attached hydrogens (tertiary/aromatic N) is 4. The van der Waals surface area contributed by atoms with E-state index in [1.807, 2.05) is 32.7 Å². The zero-order chi connectivity index (χ0) is 18.9. The number of hydrogen-bond acceptors (Lipinski definition) is 5. The summed E-state index contributed by atoms with van der Waals surface area (Å²) in [6.45, 7) is 6.14. The van der Waals surface area contributed by atoms with Crippen LogP contribution in [-0.4, -0.2) is 40.0 Å². The number of halogens is 1. The van der Waals surface area contributed by atoms with E-state index in [9.17, 15) is 4.79 Å². The van der Waals surface area contributed by atoms with Gasteiger partial charge >= 0.3 is 0 Å². The summed E-state index contributed by atoms with van der Waals surface area (Å²) in [4.78, 5) is 27.9. The molecule has 0 unspecified atom stereocenters. The molecule has 0 saturated heterocycles. The average Bonchev–Trinajstić information content (AvgIpc) is 3.00. The molecule has 3 rings (SSSR count). The van der Waals surface area contributed by atoms with E-state index in [4.69, 9.17) is 16.6 Å². The van der Waals surface area contributed by atoms with Crippen LogP contribution >= 0.6 is 11.6 Å². The van der Waals surface area contributed by atoms with Gasteiger partial charge in [-0.3, -0.25) is 9.78 Å². The van der Waals surface area contributed by atoms with Crippen molar-refractivity contribution in [2.24, 2.45) is 0 Å². The second kappa shape index (κ2) is 7.19. The molecule has 0 spiro atoms. The first kappa shape index (κ1) is 18.6. The number of aryl methyl sites for hydroxylation is 1. The Labute approximate surface area is 159 Å². The van der Waals surface area contributed by atoms with Crippen LogP contribution in [0.4, 0.5) is 5.82 Å². The number of carbonyl (C=O) groups excluding carboxylic acids is 1. The molecule has 2 heterocycles. The van der Waals surface area contributed by atoms with Crippen molar-refractivity contribution < 1.29 is 4.79 Å². The molecule has 138 valence electrons. The zero-order valence-electron chi connectivity index (χ0n) is 15.6. The van der Waals surface area contributed by atoms with Gasteiger partial charge in [0.05, 0.1) is 6.54 Å². The van der Waals surface area contributed by atoms with Gasteiger partial charge in [0, 0.05) is 35.1 Å². The summed E-state index contributed by atoms with van der Waals surface area (Å²) in [7, 11) is 1.89. The lowest BCUT2D eigenvalue weighted by Crippen LogP contribution is -2.45. The third-order valence-corrected chi connectivity index (χ3v) is 4.35. The Kier molecular flexibility index (Phi) is 5.14. The quantitative estimate of drug-likeness (QED) is 0.891. The minimum Gasteiger partial charge on any atom is -0.350 e. The Morgan fingerprint density at radius 1 is 1.31 bits per heavy atom. The van der Waals surface area contributed by atoms with Crippen LogP contribution in [0.15, 0.2) is 18.3 Å². The van der Waals surface area contributed by atoms with E-state index >= 15 is 0 Å². The molecule has 0 aliphatic heterocycles. The summed E-state index contributed by atoms with van der Waals surface area (Å²) in [6.07, 6.45) is 4.54. The normalized spacial score (nSPS) is 13.4. The molecule has 0 aromatic carbocycles. The van der Waals surface area contributed by atoms with Gasteiger partial charge in [0.2, 0.25) is 5.91 Å². The predicted octanol–water partition coefficient (Wildman–Crippen LogP) is 3.03. The summed E-state index contributed by atoms with van der Waals surface area (Å²) in [5.74, 6) is 1.31. The Morgan fingerprint density at radius 2 is 2.08 bits per heavy atom. The van der Waals surface area contributed by atoms with Crippen LogP contribution < -0.4 is 10.2 Å². The smallest absolute Gasteiger partial charge is 0.239 e. The first-order valence-electron chi connectivity index (χ1n) is 8.77. The van der Waals surface area contributed by atoms with Crippen molar-refractivity contribution >= 4 is 23.3 Å². The van der Waals surface area contributed by atoms with Gasteiger partial charge in [0.15, 0.2) is 5.82 Å². The number of carbonyl (C=O) groups is 1. The van der Waals surface area contributed by atoms with Gasteiger partial charge in [-0.25, -0.2) is 9.97 Å². The van der Waals surface area contributed by atoms with E-state index in [-0.39, 0.29) is 18.0 Å². The SMILES string of the molecule is CN(CC(=O)NC(C)(C)C)c1nc(-c2cc(Cl)ccn2)nc2c1CCC2. The molecule has 0 bridgehead atoms. The Hall–Kier alpha value is -2.21. The predicted molar refractivity (Wildman–Crippen MR) is 103 cm³/mol. The molecule has 0 fully saturated rings. The lowest BCUT2D eigenvalue weighted by Gasteiger charge is -2.25. The summed E-state index contributed by atoms with van der Waals surface area (Å²) in [5, 5.41) is 3.58. The van der Waals surface area contributed by atoms with Crippen molar-refractivity contribution in [1.29, 1.82) is 0 Å². The number of anilines is 1. The lowest BCUT2D eigenvalue weighted by molar-refractivity contribution is -0.121. The van der Waals surface area contributed by atoms with Gasteiger partial charge in [-0.15, -0.1) is 0 Å². The van der Waals surface area contributed by atoms with Crippen LogP contribution in [0.5, 0.6) is 0 Å². The largest absolute Gasteiger partial charge is 0.350 e. The highest BCUT2D eigenvalue weighted by Gasteiger charge is 2.24. The summed E-state index contributed by atoms with van der Waals surface area (Å²) in [6, 6.07) is 3.48. The molecule has 1 N–H and O–H groups in total. The molecule has 7 heteroatoms. The van der Waals surface area contributed by atoms with E-state index in [0.717, 1.165) is 36.3 Å². The van der Waals surface area contributed by atoms with Crippen molar-refractivity contribution in [3.8, 4) is 11.5 Å². The summed E-state index contributed by atoms with van der Waals surface area (Å²) in [5.41, 5.74) is 2.54. The van der Waals surface area contributed by atoms with E-state index in [2.05, 4.69) is 15.3 Å². The molecule has 1 aliphatic rings. The number of likely N-dealkylation sites (N-methyl/N-ethyl adjacent to an activating group) is 1. The molecule has 0 atom stereocenters. The highest BCUT2D eigenvalue weighted by molar-refractivity contribution is 6.30. The van der Waals surface area contributed by atoms with Gasteiger partial charge in [0.1, 0.15) is 11.5 Å². The fourth-order valence-corrected chi connectivity index (χ4v) is 3.28. The fraction of sp³-hybridized carbons (Fsp3) is 0.474. The fourth-order valence-electron chi connectivity index (χ4n) is 3.12. The second-order valence-electron chi connectivity index (χ2n) is 7.66. The maximum absolute atomic E-state index is 12.3. The van der Waals surface area contributed by atoms with Crippen LogP contribution in [0.1, 0.15) is 38.4 Å². The number of hydrogen-bond donors (Lipinski definition) is 1. The Morgan fingerprint density at radius 3 is 2.77 bits per heavy atom. The van der Waals surface area contributed by atoms with E-state index in [0.29, 0.717) is 16.5 Å². The number of fused-ring (bicyclic) bond motifs is 1. The van der Waals surface area contributed by atoms with Crippen molar-refractivity contribution in [3.05, 3.63) is 34.6 Å². The van der Waals surface area contributed by atoms with Gasteiger partial charge in [-0.1, -0.05) is 11.6 Å². The number of aromatic nitrogens is 3. The molecule has 0 saturated carbocycles. The maximum Gasteiger partial charge on any atom is 0.239 e. The summed E-state index contributed by atoms with van der Waals surface area (Å²) >= 11 is 6.09. The molecular formula is C19H24ClN5O. The Bertz CT molecular complexity index is 831. The molecule has 1 amide bonds. The standard InChI is InChI=1S/C19H24ClN5O/c1-19(2,3)24-16(26)11-25(4)18-13-6-5-7-14(13)22-17(23-18)15-10-12(20)8-9-21-15/h8-10H,5-7,11H2,1-4H3,(H,24,26). The molecule has 26 heavy (non-hydrogen) atoms. The van der Waals surface area contributed by atoms with Gasteiger partial charge in [0.25, 0.3) is 0 Å². The molecule has 1 aliphatic carbocycles. The maximum atomic E-state index is 12.3. The minimum absolute atomic E-state index is 0.0345. The summed E-state index contributed by atoms with van der Waals surface area (Å²) < 4.78 is 0. The van der Waals surface area contributed by atoms with Gasteiger partial charge < -0.3 is 10.2 Å². The van der Waals surface area contributed by atoms with E-state index in [1.54, 1.807) is 18.3 Å². The van der Waals surface area contributed by atoms with Gasteiger partial charge in [-0.05, 0) is 52.2 Å². The highest BCUT2D eigenvalue weighted by atomic mass is 35.5. The van der Waals surface area contributed by atoms with Crippen LogP contribution in [-0.2, 0) is 17.6 Å². The number of amides is 1. The average molecular weight is 374 g/mol. The van der Waals surface area contributed by atoms with Crippen molar-refractivity contribution in [2.45, 2.75) is 45.6 Å². The zero-order valence-corrected chi connectivity index (χ0v) is 16.4. The first-order chi connectivity index (χ1) is 12.2. The topological polar surface area (TPSA) is 71.0 Å². The minimum atomic E-state index is -0.262. The Balaban J connectivity index is 1.92. The van der Waals surface area contributed by atoms with Crippen LogP contribution in [0.25, 0.3) is 11.5 Å². The van der Waals surface area contributed by atoms with Crippen molar-refractivity contribution in [1.82, 2.24) is 20.3 Å². The lowest BCUT2D eigenvalue weighted by atomic mass is 10.1. The van der Waals surface area contributed by atoms with Crippen LogP contribution in [0.2, 0.25) is 5.02 Å².